The van der Waals surface area contributed by atoms with E-state index >= 15 is 0 Å². The fraction of sp³-hybridized carbons (Fsp3) is 0.125. The zero-order valence-corrected chi connectivity index (χ0v) is 12.3. The molecule has 2 aromatic heterocycles. The SMILES string of the molecule is O=C(NCCc1noc(-c2ccncc2)n1)Nc1ccccc1. The van der Waals surface area contributed by atoms with Crippen LogP contribution in [0.1, 0.15) is 5.82 Å². The highest BCUT2D eigenvalue weighted by atomic mass is 16.5. The van der Waals surface area contributed by atoms with Crippen LogP contribution in [-0.2, 0) is 6.42 Å². The highest BCUT2D eigenvalue weighted by molar-refractivity contribution is 5.89. The molecule has 2 heterocycles. The Morgan fingerprint density at radius 3 is 2.65 bits per heavy atom. The lowest BCUT2D eigenvalue weighted by Gasteiger charge is -2.05. The maximum Gasteiger partial charge on any atom is 0.319 e. The Bertz CT molecular complexity index is 758. The van der Waals surface area contributed by atoms with E-state index in [0.29, 0.717) is 24.7 Å². The third kappa shape index (κ3) is 4.13. The first-order valence-electron chi connectivity index (χ1n) is 7.14. The van der Waals surface area contributed by atoms with Crippen LogP contribution in [0, 0.1) is 0 Å². The summed E-state index contributed by atoms with van der Waals surface area (Å²) in [6.45, 7) is 0.411. The molecule has 7 nitrogen and oxygen atoms in total. The summed E-state index contributed by atoms with van der Waals surface area (Å²) < 4.78 is 5.19. The molecule has 0 aliphatic carbocycles. The first-order valence-corrected chi connectivity index (χ1v) is 7.14. The van der Waals surface area contributed by atoms with Crippen molar-refractivity contribution in [3.63, 3.8) is 0 Å². The molecule has 0 unspecified atom stereocenters. The Hall–Kier alpha value is -3.22. The summed E-state index contributed by atoms with van der Waals surface area (Å²) in [6, 6.07) is 12.6. The largest absolute Gasteiger partial charge is 0.337 e. The number of urea groups is 1. The molecule has 3 aromatic rings. The minimum atomic E-state index is -0.269. The fourth-order valence-electron chi connectivity index (χ4n) is 1.95. The number of rotatable bonds is 5. The van der Waals surface area contributed by atoms with Gasteiger partial charge in [-0.15, -0.1) is 0 Å². The summed E-state index contributed by atoms with van der Waals surface area (Å²) in [5.74, 6) is 0.980. The van der Waals surface area contributed by atoms with Gasteiger partial charge in [-0.3, -0.25) is 4.98 Å². The molecule has 2 amide bonds. The Kier molecular flexibility index (Phi) is 4.58. The maximum absolute atomic E-state index is 11.7. The number of hydrogen-bond donors (Lipinski definition) is 2. The number of benzene rings is 1. The third-order valence-corrected chi connectivity index (χ3v) is 3.06. The average molecular weight is 309 g/mol. The number of anilines is 1. The van der Waals surface area contributed by atoms with Crippen molar-refractivity contribution in [1.29, 1.82) is 0 Å². The molecule has 0 saturated heterocycles. The van der Waals surface area contributed by atoms with Crippen molar-refractivity contribution in [2.24, 2.45) is 0 Å². The van der Waals surface area contributed by atoms with Gasteiger partial charge in [0, 0.05) is 36.6 Å². The second-order valence-corrected chi connectivity index (χ2v) is 4.75. The smallest absolute Gasteiger partial charge is 0.319 e. The van der Waals surface area contributed by atoms with Crippen molar-refractivity contribution in [3.8, 4) is 11.5 Å². The normalized spacial score (nSPS) is 10.3. The maximum atomic E-state index is 11.7. The third-order valence-electron chi connectivity index (χ3n) is 3.06. The van der Waals surface area contributed by atoms with E-state index in [9.17, 15) is 4.79 Å². The van der Waals surface area contributed by atoms with Gasteiger partial charge in [-0.25, -0.2) is 4.79 Å². The molecule has 23 heavy (non-hydrogen) atoms. The van der Waals surface area contributed by atoms with Gasteiger partial charge in [0.25, 0.3) is 5.89 Å². The second kappa shape index (κ2) is 7.17. The summed E-state index contributed by atoms with van der Waals surface area (Å²) in [6.07, 6.45) is 3.81. The van der Waals surface area contributed by atoms with Gasteiger partial charge in [0.1, 0.15) is 0 Å². The van der Waals surface area contributed by atoms with E-state index in [1.165, 1.54) is 0 Å². The lowest BCUT2D eigenvalue weighted by Crippen LogP contribution is -2.30. The number of nitrogens with zero attached hydrogens (tertiary/aromatic N) is 3. The van der Waals surface area contributed by atoms with E-state index in [2.05, 4.69) is 25.8 Å². The fourth-order valence-corrected chi connectivity index (χ4v) is 1.95. The summed E-state index contributed by atoms with van der Waals surface area (Å²) in [5, 5.41) is 9.38. The Balaban J connectivity index is 1.48. The number of aromatic nitrogens is 3. The van der Waals surface area contributed by atoms with Crippen LogP contribution in [0.4, 0.5) is 10.5 Å². The molecule has 116 valence electrons. The molecule has 0 fully saturated rings. The van der Waals surface area contributed by atoms with Gasteiger partial charge < -0.3 is 15.2 Å². The summed E-state index contributed by atoms with van der Waals surface area (Å²) in [4.78, 5) is 20.0. The lowest BCUT2D eigenvalue weighted by molar-refractivity contribution is 0.252. The molecule has 0 aliphatic heterocycles. The molecule has 0 saturated carbocycles. The highest BCUT2D eigenvalue weighted by Gasteiger charge is 2.08. The van der Waals surface area contributed by atoms with Gasteiger partial charge in [0.2, 0.25) is 0 Å². The van der Waals surface area contributed by atoms with Crippen LogP contribution in [0.15, 0.2) is 59.4 Å². The van der Waals surface area contributed by atoms with Gasteiger partial charge in [-0.05, 0) is 24.3 Å². The first-order chi connectivity index (χ1) is 11.3. The number of carbonyl (C=O) groups is 1. The second-order valence-electron chi connectivity index (χ2n) is 4.75. The molecule has 0 atom stereocenters. The standard InChI is InChI=1S/C16H15N5O2/c22-16(19-13-4-2-1-3-5-13)18-11-8-14-20-15(23-21-14)12-6-9-17-10-7-12/h1-7,9-10H,8,11H2,(H2,18,19,22). The van der Waals surface area contributed by atoms with Crippen LogP contribution < -0.4 is 10.6 Å². The Labute approximate surface area is 132 Å². The van der Waals surface area contributed by atoms with Crippen molar-refractivity contribution >= 4 is 11.7 Å². The number of hydrogen-bond acceptors (Lipinski definition) is 5. The Morgan fingerprint density at radius 2 is 1.87 bits per heavy atom. The summed E-state index contributed by atoms with van der Waals surface area (Å²) in [7, 11) is 0. The van der Waals surface area contributed by atoms with E-state index < -0.39 is 0 Å². The minimum absolute atomic E-state index is 0.269. The monoisotopic (exact) mass is 309 g/mol. The topological polar surface area (TPSA) is 92.9 Å². The Morgan fingerprint density at radius 1 is 1.09 bits per heavy atom. The van der Waals surface area contributed by atoms with E-state index in [1.54, 1.807) is 24.5 Å². The highest BCUT2D eigenvalue weighted by Crippen LogP contribution is 2.15. The van der Waals surface area contributed by atoms with Gasteiger partial charge in [-0.2, -0.15) is 4.98 Å². The van der Waals surface area contributed by atoms with E-state index in [1.807, 2.05) is 30.3 Å². The van der Waals surface area contributed by atoms with Gasteiger partial charge in [-0.1, -0.05) is 23.4 Å². The predicted molar refractivity (Wildman–Crippen MR) is 84.7 cm³/mol. The van der Waals surface area contributed by atoms with Crippen molar-refractivity contribution < 1.29 is 9.32 Å². The molecule has 0 bridgehead atoms. The van der Waals surface area contributed by atoms with Crippen molar-refractivity contribution in [3.05, 3.63) is 60.7 Å². The number of carbonyl (C=O) groups excluding carboxylic acids is 1. The van der Waals surface area contributed by atoms with Gasteiger partial charge in [0.15, 0.2) is 5.82 Å². The van der Waals surface area contributed by atoms with E-state index in [0.717, 1.165) is 11.3 Å². The van der Waals surface area contributed by atoms with Crippen LogP contribution in [0.3, 0.4) is 0 Å². The molecular formula is C16H15N5O2. The minimum Gasteiger partial charge on any atom is -0.337 e. The predicted octanol–water partition coefficient (Wildman–Crippen LogP) is 2.50. The quantitative estimate of drug-likeness (QED) is 0.755. The molecule has 0 aliphatic rings. The lowest BCUT2D eigenvalue weighted by atomic mass is 10.3. The van der Waals surface area contributed by atoms with E-state index in [-0.39, 0.29) is 6.03 Å². The van der Waals surface area contributed by atoms with Crippen molar-refractivity contribution in [1.82, 2.24) is 20.4 Å². The van der Waals surface area contributed by atoms with Gasteiger partial charge >= 0.3 is 6.03 Å². The zero-order valence-electron chi connectivity index (χ0n) is 12.3. The van der Waals surface area contributed by atoms with Crippen LogP contribution in [0.2, 0.25) is 0 Å². The van der Waals surface area contributed by atoms with Crippen LogP contribution in [0.5, 0.6) is 0 Å². The number of amides is 2. The molecular weight excluding hydrogens is 294 g/mol. The van der Waals surface area contributed by atoms with Gasteiger partial charge in [0.05, 0.1) is 0 Å². The molecule has 1 aromatic carbocycles. The van der Waals surface area contributed by atoms with Crippen LogP contribution in [-0.4, -0.2) is 27.7 Å². The van der Waals surface area contributed by atoms with Crippen LogP contribution in [0.25, 0.3) is 11.5 Å². The number of nitrogens with one attached hydrogen (secondary N) is 2. The zero-order chi connectivity index (χ0) is 15.9. The number of pyridine rings is 1. The molecule has 0 radical (unpaired) electrons. The molecule has 0 spiro atoms. The van der Waals surface area contributed by atoms with Crippen LogP contribution >= 0.6 is 0 Å². The average Bonchev–Trinajstić information content (AvgIpc) is 3.05. The van der Waals surface area contributed by atoms with E-state index in [4.69, 9.17) is 4.52 Å². The summed E-state index contributed by atoms with van der Waals surface area (Å²) in [5.41, 5.74) is 1.55. The van der Waals surface area contributed by atoms with Crippen molar-refractivity contribution in [2.75, 3.05) is 11.9 Å². The molecule has 7 heteroatoms. The summed E-state index contributed by atoms with van der Waals surface area (Å²) >= 11 is 0. The number of para-hydroxylation sites is 1. The van der Waals surface area contributed by atoms with Crippen molar-refractivity contribution in [2.45, 2.75) is 6.42 Å². The molecule has 2 N–H and O–H groups in total. The molecule has 3 rings (SSSR count). The first kappa shape index (κ1) is 14.7.